The van der Waals surface area contributed by atoms with Gasteiger partial charge in [0.1, 0.15) is 16.8 Å². The number of aliphatic hydroxyl groups is 1. The van der Waals surface area contributed by atoms with Crippen LogP contribution < -0.4 is 4.90 Å². The molecular weight excluding hydrogens is 230 g/mol. The number of hydrogen-bond donors (Lipinski definition) is 1. The lowest BCUT2D eigenvalue weighted by Crippen LogP contribution is -2.32. The Balaban J connectivity index is 2.68. The molecule has 1 N–H and O–H groups in total. The minimum absolute atomic E-state index is 0.294. The van der Waals surface area contributed by atoms with Gasteiger partial charge in [0.2, 0.25) is 0 Å². The van der Waals surface area contributed by atoms with Crippen LogP contribution in [0.25, 0.3) is 0 Å². The second-order valence-corrected chi connectivity index (χ2v) is 3.97. The lowest BCUT2D eigenvalue weighted by atomic mass is 10.3. The zero-order chi connectivity index (χ0) is 12.1. The van der Waals surface area contributed by atoms with Crippen LogP contribution in [0.3, 0.4) is 0 Å². The van der Waals surface area contributed by atoms with Crippen molar-refractivity contribution in [1.82, 2.24) is 9.97 Å². The Morgan fingerprint density at radius 1 is 1.56 bits per heavy atom. The fourth-order valence-corrected chi connectivity index (χ4v) is 1.59. The molecule has 0 spiro atoms. The smallest absolute Gasteiger partial charge is 0.134 e. The van der Waals surface area contributed by atoms with Crippen molar-refractivity contribution in [2.24, 2.45) is 0 Å². The van der Waals surface area contributed by atoms with Gasteiger partial charge in [0.15, 0.2) is 0 Å². The molecule has 0 fully saturated rings. The van der Waals surface area contributed by atoms with Crippen molar-refractivity contribution in [3.63, 3.8) is 0 Å². The quantitative estimate of drug-likeness (QED) is 0.781. The highest BCUT2D eigenvalue weighted by atomic mass is 35.5. The van der Waals surface area contributed by atoms with Gasteiger partial charge < -0.3 is 14.7 Å². The predicted molar refractivity (Wildman–Crippen MR) is 62.9 cm³/mol. The fourth-order valence-electron chi connectivity index (χ4n) is 1.37. The minimum atomic E-state index is -0.552. The third-order valence-electron chi connectivity index (χ3n) is 2.03. The molecule has 0 aromatic carbocycles. The molecule has 0 amide bonds. The average Bonchev–Trinajstić information content (AvgIpc) is 2.16. The van der Waals surface area contributed by atoms with Gasteiger partial charge in [-0.25, -0.2) is 9.97 Å². The third kappa shape index (κ3) is 3.92. The van der Waals surface area contributed by atoms with Crippen LogP contribution in [-0.4, -0.2) is 48.5 Å². The van der Waals surface area contributed by atoms with Gasteiger partial charge in [-0.05, 0) is 6.92 Å². The van der Waals surface area contributed by atoms with Crippen molar-refractivity contribution in [3.8, 4) is 0 Å². The summed E-state index contributed by atoms with van der Waals surface area (Å²) in [4.78, 5) is 10.0. The van der Waals surface area contributed by atoms with Crippen molar-refractivity contribution >= 4 is 17.4 Å². The number of nitrogens with zero attached hydrogens (tertiary/aromatic N) is 3. The summed E-state index contributed by atoms with van der Waals surface area (Å²) in [6, 6.07) is 1.66. The molecule has 0 aliphatic heterocycles. The first kappa shape index (κ1) is 13.2. The number of rotatable bonds is 5. The van der Waals surface area contributed by atoms with Gasteiger partial charge in [0, 0.05) is 26.8 Å². The van der Waals surface area contributed by atoms with E-state index in [0.29, 0.717) is 29.9 Å². The molecule has 6 heteroatoms. The van der Waals surface area contributed by atoms with Crippen LogP contribution in [0.4, 0.5) is 5.82 Å². The number of likely N-dealkylation sites (N-methyl/N-ethyl adjacent to an activating group) is 1. The van der Waals surface area contributed by atoms with Crippen LogP contribution in [0.5, 0.6) is 0 Å². The lowest BCUT2D eigenvalue weighted by molar-refractivity contribution is 0.0694. The Kier molecular flexibility index (Phi) is 4.92. The Morgan fingerprint density at radius 3 is 2.81 bits per heavy atom. The summed E-state index contributed by atoms with van der Waals surface area (Å²) in [5.41, 5.74) is 0. The first-order chi connectivity index (χ1) is 7.52. The maximum absolute atomic E-state index is 9.58. The summed E-state index contributed by atoms with van der Waals surface area (Å²) in [7, 11) is 3.38. The second-order valence-electron chi connectivity index (χ2n) is 3.59. The van der Waals surface area contributed by atoms with Crippen molar-refractivity contribution in [3.05, 3.63) is 17.0 Å². The molecule has 0 saturated carbocycles. The molecule has 1 heterocycles. The van der Waals surface area contributed by atoms with E-state index in [-0.39, 0.29) is 0 Å². The third-order valence-corrected chi connectivity index (χ3v) is 2.22. The number of ether oxygens (including phenoxy) is 1. The summed E-state index contributed by atoms with van der Waals surface area (Å²) < 4.78 is 4.85. The summed E-state index contributed by atoms with van der Waals surface area (Å²) in [6.45, 7) is 2.50. The highest BCUT2D eigenvalue weighted by Crippen LogP contribution is 2.14. The predicted octanol–water partition coefficient (Wildman–Crippen LogP) is 0.882. The number of aromatic nitrogens is 2. The van der Waals surface area contributed by atoms with Crippen LogP contribution in [0.2, 0.25) is 5.15 Å². The Bertz CT molecular complexity index is 329. The molecule has 16 heavy (non-hydrogen) atoms. The molecule has 0 bridgehead atoms. The zero-order valence-corrected chi connectivity index (χ0v) is 10.4. The molecule has 1 rings (SSSR count). The van der Waals surface area contributed by atoms with Crippen LogP contribution >= 0.6 is 11.6 Å². The summed E-state index contributed by atoms with van der Waals surface area (Å²) in [6.07, 6.45) is -0.552. The first-order valence-corrected chi connectivity index (χ1v) is 5.30. The number of aryl methyl sites for hydroxylation is 1. The normalized spacial score (nSPS) is 12.6. The number of hydrogen-bond acceptors (Lipinski definition) is 5. The van der Waals surface area contributed by atoms with E-state index in [1.807, 2.05) is 11.9 Å². The second kappa shape index (κ2) is 5.98. The molecule has 90 valence electrons. The molecule has 0 aliphatic rings. The average molecular weight is 246 g/mol. The molecular formula is C10H16ClN3O2. The molecule has 1 unspecified atom stereocenters. The monoisotopic (exact) mass is 245 g/mol. The van der Waals surface area contributed by atoms with Crippen molar-refractivity contribution < 1.29 is 9.84 Å². The van der Waals surface area contributed by atoms with Gasteiger partial charge >= 0.3 is 0 Å². The Hall–Kier alpha value is -0.910. The van der Waals surface area contributed by atoms with E-state index >= 15 is 0 Å². The van der Waals surface area contributed by atoms with E-state index in [9.17, 15) is 5.11 Å². The van der Waals surface area contributed by atoms with E-state index in [0.717, 1.165) is 0 Å². The van der Waals surface area contributed by atoms with Crippen LogP contribution in [0.15, 0.2) is 6.07 Å². The first-order valence-electron chi connectivity index (χ1n) is 4.92. The van der Waals surface area contributed by atoms with Gasteiger partial charge in [-0.15, -0.1) is 0 Å². The van der Waals surface area contributed by atoms with Crippen LogP contribution in [0.1, 0.15) is 5.82 Å². The van der Waals surface area contributed by atoms with Crippen molar-refractivity contribution in [2.45, 2.75) is 13.0 Å². The number of aliphatic hydroxyl groups excluding tert-OH is 1. The van der Waals surface area contributed by atoms with E-state index in [4.69, 9.17) is 16.3 Å². The fraction of sp³-hybridized carbons (Fsp3) is 0.600. The molecule has 1 aromatic rings. The highest BCUT2D eigenvalue weighted by Gasteiger charge is 2.10. The zero-order valence-electron chi connectivity index (χ0n) is 9.64. The number of anilines is 1. The number of methoxy groups -OCH3 is 1. The molecule has 1 aromatic heterocycles. The van der Waals surface area contributed by atoms with Gasteiger partial charge in [-0.1, -0.05) is 11.6 Å². The maximum Gasteiger partial charge on any atom is 0.134 e. The van der Waals surface area contributed by atoms with Crippen molar-refractivity contribution in [2.75, 3.05) is 32.2 Å². The molecule has 0 saturated heterocycles. The SMILES string of the molecule is COCC(O)CN(C)c1cc(Cl)nc(C)n1. The minimum Gasteiger partial charge on any atom is -0.389 e. The maximum atomic E-state index is 9.58. The lowest BCUT2D eigenvalue weighted by Gasteiger charge is -2.21. The van der Waals surface area contributed by atoms with E-state index in [1.54, 1.807) is 20.1 Å². The van der Waals surface area contributed by atoms with Crippen LogP contribution in [0, 0.1) is 6.92 Å². The topological polar surface area (TPSA) is 58.5 Å². The summed E-state index contributed by atoms with van der Waals surface area (Å²) >= 11 is 5.83. The Labute approximate surface area is 100 Å². The van der Waals surface area contributed by atoms with Gasteiger partial charge in [0.25, 0.3) is 0 Å². The molecule has 1 atom stereocenters. The van der Waals surface area contributed by atoms with E-state index in [1.165, 1.54) is 0 Å². The van der Waals surface area contributed by atoms with Crippen molar-refractivity contribution in [1.29, 1.82) is 0 Å². The van der Waals surface area contributed by atoms with Gasteiger partial charge in [-0.2, -0.15) is 0 Å². The summed E-state index contributed by atoms with van der Waals surface area (Å²) in [5.74, 6) is 1.29. The van der Waals surface area contributed by atoms with Crippen LogP contribution in [-0.2, 0) is 4.74 Å². The summed E-state index contributed by atoms with van der Waals surface area (Å²) in [5, 5.41) is 9.98. The van der Waals surface area contributed by atoms with Gasteiger partial charge in [-0.3, -0.25) is 0 Å². The standard InChI is InChI=1S/C10H16ClN3O2/c1-7-12-9(11)4-10(13-7)14(2)5-8(15)6-16-3/h4,8,15H,5-6H2,1-3H3. The molecule has 0 radical (unpaired) electrons. The Morgan fingerprint density at radius 2 is 2.25 bits per heavy atom. The highest BCUT2D eigenvalue weighted by molar-refractivity contribution is 6.29. The van der Waals surface area contributed by atoms with E-state index in [2.05, 4.69) is 9.97 Å². The van der Waals surface area contributed by atoms with Gasteiger partial charge in [0.05, 0.1) is 12.7 Å². The largest absolute Gasteiger partial charge is 0.389 e. The van der Waals surface area contributed by atoms with E-state index < -0.39 is 6.10 Å². The number of halogens is 1. The molecule has 5 nitrogen and oxygen atoms in total. The molecule has 0 aliphatic carbocycles.